The second-order valence-electron chi connectivity index (χ2n) is 28.9. The molecule has 0 spiro atoms. The van der Waals surface area contributed by atoms with Crippen LogP contribution in [0.1, 0.15) is 130 Å². The number of aliphatic hydroxyl groups is 1. The van der Waals surface area contributed by atoms with E-state index >= 15 is 4.79 Å². The fourth-order valence-corrected chi connectivity index (χ4v) is 16.4. The van der Waals surface area contributed by atoms with E-state index < -0.39 is 84.2 Å². The Kier molecular flexibility index (Phi) is 18.8. The minimum Gasteiger partial charge on any atom is -0.541 e. The maximum Gasteiger partial charge on any atom is 0.250 e. The van der Waals surface area contributed by atoms with Crippen LogP contribution >= 0.6 is 0 Å². The van der Waals surface area contributed by atoms with Crippen LogP contribution in [-0.2, 0) is 32.3 Å². The molecule has 71 heavy (non-hydrogen) atoms. The van der Waals surface area contributed by atoms with E-state index in [0.717, 1.165) is 17.6 Å². The lowest BCUT2D eigenvalue weighted by Gasteiger charge is -2.55. The third-order valence-corrected chi connectivity index (χ3v) is 42.5. The summed E-state index contributed by atoms with van der Waals surface area (Å²) in [5.41, 5.74) is 2.64. The number of ether oxygens (including phenoxy) is 4. The second-order valence-corrected chi connectivity index (χ2v) is 53.5. The number of fused-ring (bicyclic) bond motifs is 1. The molecule has 3 aliphatic rings. The molecule has 1 aromatic carbocycles. The molecule has 1 aromatic rings. The van der Waals surface area contributed by atoms with Crippen molar-refractivity contribution in [2.75, 3.05) is 13.4 Å². The highest BCUT2D eigenvalue weighted by molar-refractivity contribution is 6.81. The zero-order chi connectivity index (χ0) is 54.7. The quantitative estimate of drug-likeness (QED) is 0.0940. The van der Waals surface area contributed by atoms with Gasteiger partial charge in [-0.3, -0.25) is 4.79 Å². The molecule has 16 heteroatoms. The van der Waals surface area contributed by atoms with Crippen LogP contribution in [0.15, 0.2) is 35.4 Å². The molecule has 2 N–H and O–H groups in total. The SMILES string of the molecule is CC(=Cc1ccc(O[C@H]2C[C@H]([Si](C)(C)C(C)(C)C)[C@@H](C(C)=CCO)O2)c(O[Si](C)(C)C(C)(C)C)c1)C(=O)N[C@H]1[C@@H](O[Si](C)(C)C(C)(C)C)[C@@H]2OCO[C@@H]2[C@H](O[Si](C)(C)C(C)(C)C)[C@H]1O[Si](C)(C)C(C)(C)C. The largest absolute Gasteiger partial charge is 0.541 e. The molecule has 4 rings (SSSR count). The summed E-state index contributed by atoms with van der Waals surface area (Å²) in [6.07, 6.45) is 1.27. The molecule has 1 amide bonds. The van der Waals surface area contributed by atoms with Crippen LogP contribution in [0.25, 0.3) is 6.08 Å². The average Bonchev–Trinajstić information content (AvgIpc) is 3.85. The number of carbonyl (C=O) groups is 1. The fraction of sp³-hybridized carbons (Fsp3) is 0.800. The Balaban J connectivity index is 1.85. The lowest BCUT2D eigenvalue weighted by atomic mass is 9.83. The normalized spacial score (nSPS) is 27.2. The van der Waals surface area contributed by atoms with Crippen molar-refractivity contribution in [1.29, 1.82) is 0 Å². The number of amides is 1. The summed E-state index contributed by atoms with van der Waals surface area (Å²) in [6, 6.07) is 5.33. The molecular weight excluding hydrogens is 975 g/mol. The first-order valence-electron chi connectivity index (χ1n) is 26.5. The smallest absolute Gasteiger partial charge is 0.250 e. The monoisotopic (exact) mass is 1080 g/mol. The van der Waals surface area contributed by atoms with E-state index in [1.165, 1.54) is 0 Å². The first kappa shape index (κ1) is 62.1. The Labute approximate surface area is 438 Å². The van der Waals surface area contributed by atoms with E-state index in [9.17, 15) is 5.11 Å². The van der Waals surface area contributed by atoms with E-state index in [1.54, 1.807) is 0 Å². The third kappa shape index (κ3) is 14.0. The van der Waals surface area contributed by atoms with Crippen LogP contribution in [-0.4, -0.2) is 115 Å². The molecule has 2 aliphatic heterocycles. The molecule has 2 saturated heterocycles. The molecule has 1 aliphatic carbocycles. The predicted octanol–water partition coefficient (Wildman–Crippen LogP) is 14.2. The minimum atomic E-state index is -2.51. The van der Waals surface area contributed by atoms with Gasteiger partial charge in [0.25, 0.3) is 8.32 Å². The molecule has 1 saturated carbocycles. The van der Waals surface area contributed by atoms with Gasteiger partial charge in [-0.05, 0) is 126 Å². The summed E-state index contributed by atoms with van der Waals surface area (Å²) in [4.78, 5) is 15.1. The molecule has 0 bridgehead atoms. The Morgan fingerprint density at radius 2 is 1.13 bits per heavy atom. The summed E-state index contributed by atoms with van der Waals surface area (Å²) < 4.78 is 56.2. The highest BCUT2D eigenvalue weighted by Gasteiger charge is 2.61. The molecule has 408 valence electrons. The van der Waals surface area contributed by atoms with E-state index in [0.29, 0.717) is 17.1 Å². The Hall–Kier alpha value is -1.43. The molecule has 11 nitrogen and oxygen atoms in total. The van der Waals surface area contributed by atoms with E-state index in [4.69, 9.17) is 36.7 Å². The Bertz CT molecular complexity index is 2070. The van der Waals surface area contributed by atoms with Crippen LogP contribution in [0, 0.1) is 0 Å². The van der Waals surface area contributed by atoms with Crippen molar-refractivity contribution in [2.45, 2.75) is 269 Å². The van der Waals surface area contributed by atoms with Gasteiger partial charge in [0.05, 0.1) is 39.0 Å². The Morgan fingerprint density at radius 3 is 1.59 bits per heavy atom. The van der Waals surface area contributed by atoms with Gasteiger partial charge >= 0.3 is 0 Å². The van der Waals surface area contributed by atoms with Crippen LogP contribution in [0.3, 0.4) is 0 Å². The van der Waals surface area contributed by atoms with Crippen molar-refractivity contribution in [3.05, 3.63) is 41.0 Å². The molecule has 3 fully saturated rings. The number of nitrogens with one attached hydrogen (secondary N) is 1. The van der Waals surface area contributed by atoms with Crippen molar-refractivity contribution in [3.8, 4) is 11.5 Å². The molecule has 0 unspecified atom stereocenters. The van der Waals surface area contributed by atoms with Gasteiger partial charge in [0, 0.05) is 12.0 Å². The number of benzene rings is 1. The zero-order valence-electron chi connectivity index (χ0n) is 49.8. The van der Waals surface area contributed by atoms with Crippen molar-refractivity contribution in [2.24, 2.45) is 0 Å². The van der Waals surface area contributed by atoms with Gasteiger partial charge in [-0.15, -0.1) is 0 Å². The van der Waals surface area contributed by atoms with E-state index in [-0.39, 0.29) is 56.1 Å². The maximum atomic E-state index is 15.1. The van der Waals surface area contributed by atoms with Crippen LogP contribution in [0.5, 0.6) is 11.5 Å². The van der Waals surface area contributed by atoms with Crippen molar-refractivity contribution >= 4 is 53.3 Å². The number of hydrogen-bond donors (Lipinski definition) is 2. The third-order valence-electron chi connectivity index (χ3n) is 18.5. The lowest BCUT2D eigenvalue weighted by Crippen LogP contribution is -2.73. The first-order chi connectivity index (χ1) is 31.8. The zero-order valence-corrected chi connectivity index (χ0v) is 54.8. The molecule has 0 radical (unpaired) electrons. The van der Waals surface area contributed by atoms with E-state index in [2.05, 4.69) is 182 Å². The minimum absolute atomic E-state index is 0.0356. The number of carbonyl (C=O) groups excluding carboxylic acids is 1. The maximum absolute atomic E-state index is 15.1. The summed E-state index contributed by atoms with van der Waals surface area (Å²) in [5.74, 6) is 1.01. The number of aliphatic hydroxyl groups excluding tert-OH is 1. The van der Waals surface area contributed by atoms with Gasteiger partial charge in [0.1, 0.15) is 30.9 Å². The molecule has 9 atom stereocenters. The molecule has 2 heterocycles. The van der Waals surface area contributed by atoms with Crippen LogP contribution in [0.2, 0.25) is 96.2 Å². The van der Waals surface area contributed by atoms with Crippen LogP contribution in [0.4, 0.5) is 0 Å². The summed E-state index contributed by atoms with van der Waals surface area (Å²) >= 11 is 0. The standard InChI is InChI=1S/C55H103NO10Si5/c1-36(30-31-57)44-41(67(18,19)51(3,4)5)34-42(62-44)61-39-29-28-38(33-40(39)63-68(20,21)52(6,7)8)32-37(2)50(58)56-43-45(64-69(22,23)53(9,10)11)47-48(60-35-59-47)49(66-71(26,27)55(15,16)17)46(43)65-70(24,25)54(12,13)14/h28-30,32-33,41-49,57H,31,34-35H2,1-27H3,(H,56,58)/t41-,42+,43-,44+,45+,46-,47-,48-,49+/m0/s1. The number of hydrogen-bond acceptors (Lipinski definition) is 10. The summed E-state index contributed by atoms with van der Waals surface area (Å²) in [7, 11) is -11.7. The van der Waals surface area contributed by atoms with Gasteiger partial charge in [0.15, 0.2) is 30.7 Å². The highest BCUT2D eigenvalue weighted by Crippen LogP contribution is 2.53. The molecule has 0 aromatic heterocycles. The summed E-state index contributed by atoms with van der Waals surface area (Å²) in [5, 5.41) is 13.1. The van der Waals surface area contributed by atoms with Crippen LogP contribution < -0.4 is 14.5 Å². The first-order valence-corrected chi connectivity index (χ1v) is 41.2. The van der Waals surface area contributed by atoms with Gasteiger partial charge in [-0.2, -0.15) is 0 Å². The topological polar surface area (TPSA) is 123 Å². The average molecular weight is 1080 g/mol. The van der Waals surface area contributed by atoms with Gasteiger partial charge in [-0.1, -0.05) is 129 Å². The Morgan fingerprint density at radius 1 is 0.662 bits per heavy atom. The fourth-order valence-electron chi connectivity index (χ4n) is 8.44. The van der Waals surface area contributed by atoms with Gasteiger partial charge in [-0.25, -0.2) is 0 Å². The number of rotatable bonds is 16. The van der Waals surface area contributed by atoms with Gasteiger partial charge < -0.3 is 47.1 Å². The van der Waals surface area contributed by atoms with Crippen molar-refractivity contribution < 1.29 is 46.6 Å². The summed E-state index contributed by atoms with van der Waals surface area (Å²) in [6.45, 7) is 60.8. The lowest BCUT2D eigenvalue weighted by molar-refractivity contribution is -0.144. The highest BCUT2D eigenvalue weighted by atomic mass is 28.4. The second kappa shape index (κ2) is 21.5. The molecular formula is C55H103NO10Si5. The van der Waals surface area contributed by atoms with Crippen molar-refractivity contribution in [3.63, 3.8) is 0 Å². The predicted molar refractivity (Wildman–Crippen MR) is 306 cm³/mol. The van der Waals surface area contributed by atoms with E-state index in [1.807, 2.05) is 37.3 Å². The van der Waals surface area contributed by atoms with Crippen molar-refractivity contribution in [1.82, 2.24) is 5.32 Å². The van der Waals surface area contributed by atoms with Gasteiger partial charge in [0.2, 0.25) is 12.2 Å².